The van der Waals surface area contributed by atoms with Gasteiger partial charge >= 0.3 is 6.18 Å². The fourth-order valence-corrected chi connectivity index (χ4v) is 1.52. The summed E-state index contributed by atoms with van der Waals surface area (Å²) in [5.41, 5.74) is 5.03. The van der Waals surface area contributed by atoms with E-state index in [9.17, 15) is 13.2 Å². The van der Waals surface area contributed by atoms with Gasteiger partial charge in [0.25, 0.3) is 0 Å². The van der Waals surface area contributed by atoms with Crippen molar-refractivity contribution in [2.24, 2.45) is 5.73 Å². The van der Waals surface area contributed by atoms with Crippen LogP contribution in [0.25, 0.3) is 0 Å². The molecule has 0 saturated heterocycles. The van der Waals surface area contributed by atoms with E-state index in [1.165, 1.54) is 6.07 Å². The molecular weight excluding hydrogens is 233 g/mol. The fraction of sp³-hybridized carbons (Fsp3) is 0.455. The Kier molecular flexibility index (Phi) is 4.36. The van der Waals surface area contributed by atoms with Gasteiger partial charge in [-0.15, -0.1) is 0 Å². The Hall–Kier alpha value is -1.27. The first-order chi connectivity index (χ1) is 7.90. The van der Waals surface area contributed by atoms with E-state index in [0.29, 0.717) is 5.69 Å². The van der Waals surface area contributed by atoms with E-state index in [2.05, 4.69) is 0 Å². The lowest BCUT2D eigenvalue weighted by atomic mass is 10.1. The van der Waals surface area contributed by atoms with Gasteiger partial charge in [0.2, 0.25) is 0 Å². The first-order valence-corrected chi connectivity index (χ1v) is 5.12. The lowest BCUT2D eigenvalue weighted by molar-refractivity contribution is -0.138. The van der Waals surface area contributed by atoms with E-state index in [4.69, 9.17) is 10.8 Å². The molecule has 0 aliphatic rings. The molecule has 6 heteroatoms. The van der Waals surface area contributed by atoms with Gasteiger partial charge in [0.15, 0.2) is 0 Å². The molecule has 0 fully saturated rings. The molecule has 0 radical (unpaired) electrons. The van der Waals surface area contributed by atoms with E-state index in [-0.39, 0.29) is 25.3 Å². The summed E-state index contributed by atoms with van der Waals surface area (Å²) in [6.07, 6.45) is -4.41. The van der Waals surface area contributed by atoms with Crippen molar-refractivity contribution < 1.29 is 18.3 Å². The van der Waals surface area contributed by atoms with E-state index in [1.807, 2.05) is 0 Å². The van der Waals surface area contributed by atoms with E-state index >= 15 is 0 Å². The number of rotatable bonds is 4. The maximum Gasteiger partial charge on any atom is 0.416 e. The van der Waals surface area contributed by atoms with Crippen molar-refractivity contribution in [3.63, 3.8) is 0 Å². The molecule has 0 aromatic heterocycles. The van der Waals surface area contributed by atoms with Crippen LogP contribution in [-0.2, 0) is 12.7 Å². The number of alkyl halides is 3. The summed E-state index contributed by atoms with van der Waals surface area (Å²) in [5, 5.41) is 8.74. The third-order valence-corrected chi connectivity index (χ3v) is 2.49. The third-order valence-electron chi connectivity index (χ3n) is 2.49. The minimum absolute atomic E-state index is 0.0682. The first-order valence-electron chi connectivity index (χ1n) is 5.12. The molecule has 0 saturated carbocycles. The molecule has 1 aromatic carbocycles. The number of hydrogen-bond donors (Lipinski definition) is 2. The summed E-state index contributed by atoms with van der Waals surface area (Å²) in [4.78, 5) is 1.55. The van der Waals surface area contributed by atoms with Crippen molar-refractivity contribution >= 4 is 5.69 Å². The molecule has 0 heterocycles. The number of likely N-dealkylation sites (N-methyl/N-ethyl adjacent to an activating group) is 1. The van der Waals surface area contributed by atoms with Crippen LogP contribution in [0.2, 0.25) is 0 Å². The predicted octanol–water partition coefficient (Wildman–Crippen LogP) is 1.59. The van der Waals surface area contributed by atoms with Gasteiger partial charge in [-0.25, -0.2) is 0 Å². The lowest BCUT2D eigenvalue weighted by Gasteiger charge is -2.20. The number of nitrogens with two attached hydrogens (primary N) is 1. The normalized spacial score (nSPS) is 11.6. The summed E-state index contributed by atoms with van der Waals surface area (Å²) in [6.45, 7) is 0.00853. The predicted molar refractivity (Wildman–Crippen MR) is 59.7 cm³/mol. The summed E-state index contributed by atoms with van der Waals surface area (Å²) >= 11 is 0. The second-order valence-corrected chi connectivity index (χ2v) is 3.69. The van der Waals surface area contributed by atoms with Gasteiger partial charge in [-0.2, -0.15) is 13.2 Å². The molecule has 0 atom stereocenters. The van der Waals surface area contributed by atoms with Gasteiger partial charge in [0.05, 0.1) is 12.2 Å². The molecule has 1 aromatic rings. The average Bonchev–Trinajstić information content (AvgIpc) is 2.27. The highest BCUT2D eigenvalue weighted by Crippen LogP contribution is 2.34. The van der Waals surface area contributed by atoms with Crippen molar-refractivity contribution in [2.45, 2.75) is 12.7 Å². The summed E-state index contributed by atoms with van der Waals surface area (Å²) in [5.74, 6) is 0. The van der Waals surface area contributed by atoms with Crippen LogP contribution in [0.3, 0.4) is 0 Å². The van der Waals surface area contributed by atoms with Crippen LogP contribution in [0, 0.1) is 0 Å². The van der Waals surface area contributed by atoms with E-state index < -0.39 is 11.7 Å². The lowest BCUT2D eigenvalue weighted by Crippen LogP contribution is -2.22. The van der Waals surface area contributed by atoms with Crippen molar-refractivity contribution in [3.05, 3.63) is 29.3 Å². The summed E-state index contributed by atoms with van der Waals surface area (Å²) < 4.78 is 38.2. The Balaban J connectivity index is 3.13. The Labute approximate surface area is 97.6 Å². The second-order valence-electron chi connectivity index (χ2n) is 3.69. The van der Waals surface area contributed by atoms with Gasteiger partial charge in [-0.3, -0.25) is 0 Å². The highest BCUT2D eigenvalue weighted by Gasteiger charge is 2.33. The number of benzene rings is 1. The molecular formula is C11H15F3N2O. The number of aliphatic hydroxyl groups is 1. The van der Waals surface area contributed by atoms with Crippen molar-refractivity contribution in [1.82, 2.24) is 0 Å². The Morgan fingerprint density at radius 3 is 2.47 bits per heavy atom. The minimum atomic E-state index is -4.41. The molecule has 3 N–H and O–H groups in total. The Bertz CT molecular complexity index is 379. The van der Waals surface area contributed by atoms with Crippen LogP contribution in [0.15, 0.2) is 18.2 Å². The molecule has 96 valence electrons. The summed E-state index contributed by atoms with van der Waals surface area (Å²) in [7, 11) is 1.62. The van der Waals surface area contributed by atoms with Gasteiger partial charge in [0.1, 0.15) is 0 Å². The Morgan fingerprint density at radius 1 is 1.35 bits per heavy atom. The molecule has 0 unspecified atom stereocenters. The zero-order valence-electron chi connectivity index (χ0n) is 9.46. The van der Waals surface area contributed by atoms with Crippen LogP contribution in [0.5, 0.6) is 0 Å². The average molecular weight is 248 g/mol. The minimum Gasteiger partial charge on any atom is -0.395 e. The number of hydrogen-bond acceptors (Lipinski definition) is 3. The molecule has 0 aliphatic carbocycles. The van der Waals surface area contributed by atoms with Crippen molar-refractivity contribution in [3.8, 4) is 0 Å². The number of nitrogens with zero attached hydrogens (tertiary/aromatic N) is 1. The largest absolute Gasteiger partial charge is 0.416 e. The van der Waals surface area contributed by atoms with Crippen LogP contribution < -0.4 is 10.6 Å². The summed E-state index contributed by atoms with van der Waals surface area (Å²) in [6, 6.07) is 3.98. The van der Waals surface area contributed by atoms with Gasteiger partial charge in [0, 0.05) is 25.8 Å². The van der Waals surface area contributed by atoms with Crippen molar-refractivity contribution in [1.29, 1.82) is 0 Å². The van der Waals surface area contributed by atoms with Crippen LogP contribution in [0.1, 0.15) is 11.1 Å². The van der Waals surface area contributed by atoms with Gasteiger partial charge in [-0.1, -0.05) is 6.07 Å². The fourth-order valence-electron chi connectivity index (χ4n) is 1.52. The smallest absolute Gasteiger partial charge is 0.395 e. The standard InChI is InChI=1S/C11H15F3N2O/c1-16(4-5-17)9-3-2-8(7-15)10(6-9)11(12,13)14/h2-3,6,17H,4-5,7,15H2,1H3. The quantitative estimate of drug-likeness (QED) is 0.850. The van der Waals surface area contributed by atoms with Gasteiger partial charge < -0.3 is 15.7 Å². The van der Waals surface area contributed by atoms with Gasteiger partial charge in [-0.05, 0) is 17.7 Å². The highest BCUT2D eigenvalue weighted by molar-refractivity contribution is 5.51. The van der Waals surface area contributed by atoms with Crippen LogP contribution >= 0.6 is 0 Å². The van der Waals surface area contributed by atoms with Crippen LogP contribution in [-0.4, -0.2) is 25.3 Å². The van der Waals surface area contributed by atoms with E-state index in [0.717, 1.165) is 6.07 Å². The Morgan fingerprint density at radius 2 is 2.00 bits per heavy atom. The number of aliphatic hydroxyl groups excluding tert-OH is 1. The SMILES string of the molecule is CN(CCO)c1ccc(CN)c(C(F)(F)F)c1. The monoisotopic (exact) mass is 248 g/mol. The topological polar surface area (TPSA) is 49.5 Å². The first kappa shape index (κ1) is 13.8. The third kappa shape index (κ3) is 3.34. The molecule has 0 aliphatic heterocycles. The number of halogens is 3. The molecule has 0 amide bonds. The second kappa shape index (κ2) is 5.37. The maximum atomic E-state index is 12.7. The molecule has 0 spiro atoms. The molecule has 17 heavy (non-hydrogen) atoms. The molecule has 1 rings (SSSR count). The van der Waals surface area contributed by atoms with Crippen molar-refractivity contribution in [2.75, 3.05) is 25.1 Å². The number of anilines is 1. The zero-order valence-corrected chi connectivity index (χ0v) is 9.46. The molecule has 3 nitrogen and oxygen atoms in total. The zero-order chi connectivity index (χ0) is 13.1. The highest BCUT2D eigenvalue weighted by atomic mass is 19.4. The van der Waals surface area contributed by atoms with Crippen LogP contribution in [0.4, 0.5) is 18.9 Å². The van der Waals surface area contributed by atoms with E-state index in [1.54, 1.807) is 18.0 Å². The molecule has 0 bridgehead atoms. The maximum absolute atomic E-state index is 12.7.